The van der Waals surface area contributed by atoms with Crippen molar-refractivity contribution in [2.75, 3.05) is 25.1 Å². The molecule has 1 N–H and O–H groups in total. The number of imidazole rings is 1. The van der Waals surface area contributed by atoms with E-state index in [9.17, 15) is 0 Å². The minimum Gasteiger partial charge on any atom is -0.337 e. The minimum atomic E-state index is 1.06. The summed E-state index contributed by atoms with van der Waals surface area (Å²) in [4.78, 5) is 3.99. The minimum absolute atomic E-state index is 1.06. The third-order valence-corrected chi connectivity index (χ3v) is 2.42. The maximum atomic E-state index is 3.99. The van der Waals surface area contributed by atoms with Gasteiger partial charge in [-0.3, -0.25) is 0 Å². The molecule has 0 fully saturated rings. The van der Waals surface area contributed by atoms with Crippen LogP contribution in [0.2, 0.25) is 0 Å². The number of aromatic nitrogens is 2. The molecule has 74 valence electrons. The Morgan fingerprint density at radius 2 is 2.38 bits per heavy atom. The Labute approximate surface area is 83.9 Å². The Hall–Kier alpha value is -0.480. The van der Waals surface area contributed by atoms with Crippen LogP contribution in [0.3, 0.4) is 0 Å². The number of hydrogen-bond acceptors (Lipinski definition) is 3. The zero-order valence-corrected chi connectivity index (χ0v) is 8.89. The van der Waals surface area contributed by atoms with E-state index in [0.717, 1.165) is 19.6 Å². The van der Waals surface area contributed by atoms with E-state index in [0.29, 0.717) is 0 Å². The molecular weight excluding hydrogens is 182 g/mol. The van der Waals surface area contributed by atoms with Gasteiger partial charge in [0.05, 0.1) is 6.33 Å². The molecule has 0 atom stereocenters. The number of thioether (sulfide) groups is 1. The Morgan fingerprint density at radius 3 is 3.08 bits per heavy atom. The van der Waals surface area contributed by atoms with Crippen LogP contribution in [0, 0.1) is 0 Å². The van der Waals surface area contributed by atoms with Crippen LogP contribution in [0.25, 0.3) is 0 Å². The first-order chi connectivity index (χ1) is 6.43. The van der Waals surface area contributed by atoms with E-state index in [1.165, 1.54) is 12.2 Å². The van der Waals surface area contributed by atoms with Crippen molar-refractivity contribution in [1.82, 2.24) is 14.9 Å². The van der Waals surface area contributed by atoms with Crippen LogP contribution in [0.5, 0.6) is 0 Å². The molecule has 4 heteroatoms. The van der Waals surface area contributed by atoms with Crippen LogP contribution in [-0.4, -0.2) is 34.6 Å². The molecule has 0 amide bonds. The second kappa shape index (κ2) is 6.97. The van der Waals surface area contributed by atoms with Gasteiger partial charge in [-0.15, -0.1) is 0 Å². The lowest BCUT2D eigenvalue weighted by Gasteiger charge is -2.03. The first-order valence-electron chi connectivity index (χ1n) is 4.59. The summed E-state index contributed by atoms with van der Waals surface area (Å²) in [5.74, 6) is 1.20. The summed E-state index contributed by atoms with van der Waals surface area (Å²) in [6, 6.07) is 0. The van der Waals surface area contributed by atoms with Crippen molar-refractivity contribution in [3.63, 3.8) is 0 Å². The SMILES string of the molecule is CSCCNCCCn1ccnc1. The molecule has 3 nitrogen and oxygen atoms in total. The molecule has 1 rings (SSSR count). The number of nitrogens with zero attached hydrogens (tertiary/aromatic N) is 2. The summed E-state index contributed by atoms with van der Waals surface area (Å²) in [5.41, 5.74) is 0. The molecule has 0 aliphatic carbocycles. The fraction of sp³-hybridized carbons (Fsp3) is 0.667. The molecule has 0 saturated heterocycles. The van der Waals surface area contributed by atoms with Crippen molar-refractivity contribution in [3.05, 3.63) is 18.7 Å². The lowest BCUT2D eigenvalue weighted by molar-refractivity contribution is 0.593. The standard InChI is InChI=1S/C9H17N3S/c1-13-8-5-10-3-2-6-12-7-4-11-9-12/h4,7,9-10H,2-3,5-6,8H2,1H3. The van der Waals surface area contributed by atoms with E-state index in [1.54, 1.807) is 0 Å². The largest absolute Gasteiger partial charge is 0.337 e. The summed E-state index contributed by atoms with van der Waals surface area (Å²) in [6.45, 7) is 3.27. The highest BCUT2D eigenvalue weighted by Gasteiger charge is 1.89. The van der Waals surface area contributed by atoms with Gasteiger partial charge in [0.15, 0.2) is 0 Å². The third-order valence-electron chi connectivity index (χ3n) is 1.81. The molecule has 0 aliphatic rings. The normalized spacial score (nSPS) is 10.5. The topological polar surface area (TPSA) is 29.9 Å². The Kier molecular flexibility index (Phi) is 5.69. The zero-order chi connectivity index (χ0) is 9.36. The van der Waals surface area contributed by atoms with Gasteiger partial charge in [-0.05, 0) is 19.2 Å². The lowest BCUT2D eigenvalue weighted by Crippen LogP contribution is -2.19. The fourth-order valence-corrected chi connectivity index (χ4v) is 1.45. The quantitative estimate of drug-likeness (QED) is 0.670. The number of aryl methyl sites for hydroxylation is 1. The van der Waals surface area contributed by atoms with Gasteiger partial charge in [0.2, 0.25) is 0 Å². The molecular formula is C9H17N3S. The molecule has 0 unspecified atom stereocenters. The molecule has 0 aromatic carbocycles. The zero-order valence-electron chi connectivity index (χ0n) is 8.07. The molecule has 1 heterocycles. The van der Waals surface area contributed by atoms with Crippen molar-refractivity contribution in [1.29, 1.82) is 0 Å². The third kappa shape index (κ3) is 4.95. The summed E-state index contributed by atoms with van der Waals surface area (Å²) in [5, 5.41) is 3.39. The van der Waals surface area contributed by atoms with Gasteiger partial charge in [0.25, 0.3) is 0 Å². The molecule has 0 bridgehead atoms. The highest BCUT2D eigenvalue weighted by atomic mass is 32.2. The molecule has 1 aromatic heterocycles. The second-order valence-corrected chi connectivity index (χ2v) is 3.88. The van der Waals surface area contributed by atoms with Gasteiger partial charge < -0.3 is 9.88 Å². The molecule has 0 saturated carbocycles. The van der Waals surface area contributed by atoms with Crippen molar-refractivity contribution >= 4 is 11.8 Å². The first-order valence-corrected chi connectivity index (χ1v) is 5.98. The Morgan fingerprint density at radius 1 is 1.46 bits per heavy atom. The lowest BCUT2D eigenvalue weighted by atomic mass is 10.4. The van der Waals surface area contributed by atoms with E-state index < -0.39 is 0 Å². The van der Waals surface area contributed by atoms with E-state index in [-0.39, 0.29) is 0 Å². The monoisotopic (exact) mass is 199 g/mol. The van der Waals surface area contributed by atoms with Crippen molar-refractivity contribution in [2.45, 2.75) is 13.0 Å². The molecule has 0 radical (unpaired) electrons. The van der Waals surface area contributed by atoms with Gasteiger partial charge in [0.1, 0.15) is 0 Å². The first kappa shape index (κ1) is 10.6. The van der Waals surface area contributed by atoms with Crippen LogP contribution in [0.15, 0.2) is 18.7 Å². The Balaban J connectivity index is 1.90. The van der Waals surface area contributed by atoms with Gasteiger partial charge in [-0.25, -0.2) is 4.98 Å². The highest BCUT2D eigenvalue weighted by Crippen LogP contribution is 1.90. The number of nitrogens with one attached hydrogen (secondary N) is 1. The molecule has 0 aliphatic heterocycles. The summed E-state index contributed by atoms with van der Waals surface area (Å²) < 4.78 is 2.11. The van der Waals surface area contributed by atoms with Crippen LogP contribution >= 0.6 is 11.8 Å². The van der Waals surface area contributed by atoms with Crippen molar-refractivity contribution < 1.29 is 0 Å². The van der Waals surface area contributed by atoms with Gasteiger partial charge in [-0.2, -0.15) is 11.8 Å². The van der Waals surface area contributed by atoms with E-state index in [2.05, 4.69) is 21.1 Å². The van der Waals surface area contributed by atoms with Crippen LogP contribution in [0.1, 0.15) is 6.42 Å². The summed E-state index contributed by atoms with van der Waals surface area (Å²) in [6.07, 6.45) is 8.99. The van der Waals surface area contributed by atoms with Crippen LogP contribution in [-0.2, 0) is 6.54 Å². The molecule has 0 spiro atoms. The number of hydrogen-bond donors (Lipinski definition) is 1. The predicted octanol–water partition coefficient (Wildman–Crippen LogP) is 1.23. The van der Waals surface area contributed by atoms with Gasteiger partial charge in [-0.1, -0.05) is 0 Å². The van der Waals surface area contributed by atoms with Crippen molar-refractivity contribution in [3.8, 4) is 0 Å². The van der Waals surface area contributed by atoms with E-state index >= 15 is 0 Å². The second-order valence-electron chi connectivity index (χ2n) is 2.90. The maximum absolute atomic E-state index is 3.99. The van der Waals surface area contributed by atoms with Crippen molar-refractivity contribution in [2.24, 2.45) is 0 Å². The average Bonchev–Trinajstić information content (AvgIpc) is 2.63. The molecule has 1 aromatic rings. The predicted molar refractivity (Wildman–Crippen MR) is 58.1 cm³/mol. The van der Waals surface area contributed by atoms with Crippen LogP contribution < -0.4 is 5.32 Å². The van der Waals surface area contributed by atoms with Gasteiger partial charge in [0, 0.05) is 31.2 Å². The van der Waals surface area contributed by atoms with Crippen LogP contribution in [0.4, 0.5) is 0 Å². The number of rotatable bonds is 7. The average molecular weight is 199 g/mol. The van der Waals surface area contributed by atoms with E-state index in [1.807, 2.05) is 30.5 Å². The summed E-state index contributed by atoms with van der Waals surface area (Å²) in [7, 11) is 0. The van der Waals surface area contributed by atoms with E-state index in [4.69, 9.17) is 0 Å². The Bertz CT molecular complexity index is 199. The molecule has 13 heavy (non-hydrogen) atoms. The summed E-state index contributed by atoms with van der Waals surface area (Å²) >= 11 is 1.88. The van der Waals surface area contributed by atoms with Gasteiger partial charge >= 0.3 is 0 Å². The maximum Gasteiger partial charge on any atom is 0.0945 e. The fourth-order valence-electron chi connectivity index (χ4n) is 1.10. The smallest absolute Gasteiger partial charge is 0.0945 e. The highest BCUT2D eigenvalue weighted by molar-refractivity contribution is 7.98.